The van der Waals surface area contributed by atoms with Gasteiger partial charge in [0.15, 0.2) is 0 Å². The van der Waals surface area contributed by atoms with Crippen LogP contribution in [0.25, 0.3) is 0 Å². The summed E-state index contributed by atoms with van der Waals surface area (Å²) < 4.78 is 58.1. The van der Waals surface area contributed by atoms with Crippen LogP contribution in [0.15, 0.2) is 18.2 Å². The molecule has 2 heterocycles. The molecule has 0 aromatic heterocycles. The van der Waals surface area contributed by atoms with Gasteiger partial charge >= 0.3 is 12.3 Å². The van der Waals surface area contributed by atoms with E-state index >= 15 is 0 Å². The van der Waals surface area contributed by atoms with E-state index in [9.17, 15) is 27.5 Å². The van der Waals surface area contributed by atoms with Gasteiger partial charge in [0.1, 0.15) is 11.4 Å². The highest BCUT2D eigenvalue weighted by molar-refractivity contribution is 5.69. The fourth-order valence-corrected chi connectivity index (χ4v) is 4.13. The van der Waals surface area contributed by atoms with Crippen LogP contribution in [0.2, 0.25) is 0 Å². The van der Waals surface area contributed by atoms with Gasteiger partial charge in [-0.1, -0.05) is 6.07 Å². The molecule has 0 aliphatic carbocycles. The van der Waals surface area contributed by atoms with Crippen molar-refractivity contribution < 1.29 is 32.2 Å². The molecule has 0 saturated carbocycles. The molecule has 1 amide bonds. The zero-order valence-electron chi connectivity index (χ0n) is 15.4. The highest BCUT2D eigenvalue weighted by Crippen LogP contribution is 2.47. The molecule has 2 fully saturated rings. The van der Waals surface area contributed by atoms with E-state index < -0.39 is 34.9 Å². The Hall–Kier alpha value is -1.83. The van der Waals surface area contributed by atoms with E-state index in [-0.39, 0.29) is 30.5 Å². The summed E-state index contributed by atoms with van der Waals surface area (Å²) in [5, 5.41) is 11.0. The number of piperidine rings is 1. The molecule has 2 atom stereocenters. The van der Waals surface area contributed by atoms with Gasteiger partial charge in [0, 0.05) is 30.5 Å². The van der Waals surface area contributed by atoms with Crippen molar-refractivity contribution in [2.45, 2.75) is 75.9 Å². The fourth-order valence-electron chi connectivity index (χ4n) is 4.13. The number of carbonyl (C=O) groups excluding carboxylic acids is 1. The number of hydrogen-bond acceptors (Lipinski definition) is 3. The maximum absolute atomic E-state index is 14.4. The second-order valence-corrected chi connectivity index (χ2v) is 8.40. The third-order valence-electron chi connectivity index (χ3n) is 5.17. The van der Waals surface area contributed by atoms with Crippen LogP contribution >= 0.6 is 0 Å². The first-order valence-corrected chi connectivity index (χ1v) is 8.91. The van der Waals surface area contributed by atoms with Crippen molar-refractivity contribution in [3.8, 4) is 0 Å². The van der Waals surface area contributed by atoms with Crippen LogP contribution in [0.1, 0.15) is 57.6 Å². The minimum absolute atomic E-state index is 0.0605. The van der Waals surface area contributed by atoms with Crippen molar-refractivity contribution in [3.05, 3.63) is 35.1 Å². The Balaban J connectivity index is 1.84. The summed E-state index contributed by atoms with van der Waals surface area (Å²) in [5.41, 5.74) is -3.53. The van der Waals surface area contributed by atoms with Crippen molar-refractivity contribution >= 4 is 6.09 Å². The summed E-state index contributed by atoms with van der Waals surface area (Å²) in [7, 11) is 0. The van der Waals surface area contributed by atoms with Crippen LogP contribution in [-0.2, 0) is 16.5 Å². The fraction of sp³-hybridized carbons (Fsp3) is 0.632. The number of amides is 1. The molecular weight excluding hydrogens is 366 g/mol. The third-order valence-corrected chi connectivity index (χ3v) is 5.17. The Morgan fingerprint density at radius 3 is 2.19 bits per heavy atom. The number of carbonyl (C=O) groups is 1. The third kappa shape index (κ3) is 3.90. The van der Waals surface area contributed by atoms with Gasteiger partial charge in [-0.15, -0.1) is 0 Å². The van der Waals surface area contributed by atoms with E-state index in [1.54, 1.807) is 25.7 Å². The van der Waals surface area contributed by atoms with E-state index in [2.05, 4.69) is 0 Å². The molecular formula is C19H23F4NO3. The van der Waals surface area contributed by atoms with Crippen molar-refractivity contribution in [3.63, 3.8) is 0 Å². The van der Waals surface area contributed by atoms with Crippen LogP contribution in [0.5, 0.6) is 0 Å². The number of halogens is 4. The molecule has 0 radical (unpaired) electrons. The lowest BCUT2D eigenvalue weighted by Crippen LogP contribution is -2.53. The number of aliphatic hydroxyl groups is 1. The average Bonchev–Trinajstić information content (AvgIpc) is 2.77. The zero-order valence-corrected chi connectivity index (χ0v) is 15.4. The highest BCUT2D eigenvalue weighted by atomic mass is 19.4. The quantitative estimate of drug-likeness (QED) is 0.715. The predicted molar refractivity (Wildman–Crippen MR) is 89.4 cm³/mol. The van der Waals surface area contributed by atoms with E-state index in [1.807, 2.05) is 0 Å². The molecule has 1 aromatic rings. The maximum Gasteiger partial charge on any atom is 0.416 e. The van der Waals surface area contributed by atoms with E-state index in [0.29, 0.717) is 18.9 Å². The molecule has 2 bridgehead atoms. The van der Waals surface area contributed by atoms with E-state index in [4.69, 9.17) is 4.74 Å². The SMILES string of the molecule is CC(C)(C)OC(=O)N1C2CCC1CC(O)(c1ccc(C(F)(F)F)cc1F)C2. The van der Waals surface area contributed by atoms with Gasteiger partial charge in [-0.25, -0.2) is 9.18 Å². The first kappa shape index (κ1) is 19.9. The summed E-state index contributed by atoms with van der Waals surface area (Å²) in [6.07, 6.45) is -3.75. The Morgan fingerprint density at radius 1 is 1.19 bits per heavy atom. The van der Waals surface area contributed by atoms with Gasteiger partial charge in [-0.05, 0) is 45.7 Å². The zero-order chi connectivity index (χ0) is 20.2. The number of ether oxygens (including phenoxy) is 1. The van der Waals surface area contributed by atoms with Crippen molar-refractivity contribution in [1.29, 1.82) is 0 Å². The minimum atomic E-state index is -4.65. The average molecular weight is 389 g/mol. The lowest BCUT2D eigenvalue weighted by Gasteiger charge is -2.44. The Labute approximate surface area is 155 Å². The van der Waals surface area contributed by atoms with E-state index in [0.717, 1.165) is 12.1 Å². The number of benzene rings is 1. The molecule has 150 valence electrons. The molecule has 2 aliphatic heterocycles. The second-order valence-electron chi connectivity index (χ2n) is 8.40. The largest absolute Gasteiger partial charge is 0.444 e. The molecule has 1 N–H and O–H groups in total. The number of fused-ring (bicyclic) bond motifs is 2. The molecule has 3 rings (SSSR count). The normalized spacial score (nSPS) is 28.4. The van der Waals surface area contributed by atoms with Crippen LogP contribution in [0.4, 0.5) is 22.4 Å². The minimum Gasteiger partial charge on any atom is -0.444 e. The standard InChI is InChI=1S/C19H23F4NO3/c1-17(2,3)27-16(25)24-12-5-6-13(24)10-18(26,9-12)14-7-4-11(8-15(14)20)19(21,22)23/h4,7-8,12-13,26H,5-6,9-10H2,1-3H3. The Kier molecular flexibility index (Phi) is 4.69. The molecule has 4 nitrogen and oxygen atoms in total. The molecule has 1 aromatic carbocycles. The lowest BCUT2D eigenvalue weighted by molar-refractivity contribution is -0.138. The number of alkyl halides is 3. The second kappa shape index (κ2) is 6.36. The van der Waals surface area contributed by atoms with Gasteiger partial charge in [-0.2, -0.15) is 13.2 Å². The lowest BCUT2D eigenvalue weighted by atomic mass is 9.80. The van der Waals surface area contributed by atoms with Gasteiger partial charge in [0.2, 0.25) is 0 Å². The van der Waals surface area contributed by atoms with Crippen molar-refractivity contribution in [2.24, 2.45) is 0 Å². The summed E-state index contributed by atoms with van der Waals surface area (Å²) in [5.74, 6) is -1.09. The molecule has 0 spiro atoms. The summed E-state index contributed by atoms with van der Waals surface area (Å²) >= 11 is 0. The van der Waals surface area contributed by atoms with Crippen LogP contribution in [-0.4, -0.2) is 33.8 Å². The summed E-state index contributed by atoms with van der Waals surface area (Å²) in [6.45, 7) is 5.26. The molecule has 2 aliphatic rings. The van der Waals surface area contributed by atoms with Gasteiger partial charge in [-0.3, -0.25) is 0 Å². The van der Waals surface area contributed by atoms with Crippen molar-refractivity contribution in [2.75, 3.05) is 0 Å². The highest BCUT2D eigenvalue weighted by Gasteiger charge is 2.52. The number of nitrogens with zero attached hydrogens (tertiary/aromatic N) is 1. The first-order chi connectivity index (χ1) is 12.3. The molecule has 27 heavy (non-hydrogen) atoms. The molecule has 2 saturated heterocycles. The van der Waals surface area contributed by atoms with Crippen LogP contribution in [0.3, 0.4) is 0 Å². The number of rotatable bonds is 1. The predicted octanol–water partition coefficient (Wildman–Crippen LogP) is 4.59. The first-order valence-electron chi connectivity index (χ1n) is 8.91. The molecule has 8 heteroatoms. The van der Waals surface area contributed by atoms with Gasteiger partial charge in [0.25, 0.3) is 0 Å². The van der Waals surface area contributed by atoms with Gasteiger partial charge in [0.05, 0.1) is 11.2 Å². The number of hydrogen-bond donors (Lipinski definition) is 1. The summed E-state index contributed by atoms with van der Waals surface area (Å²) in [6, 6.07) is 1.50. The van der Waals surface area contributed by atoms with Crippen molar-refractivity contribution in [1.82, 2.24) is 4.90 Å². The monoisotopic (exact) mass is 389 g/mol. The molecule has 2 unspecified atom stereocenters. The maximum atomic E-state index is 14.4. The van der Waals surface area contributed by atoms with Gasteiger partial charge < -0.3 is 14.7 Å². The topological polar surface area (TPSA) is 49.8 Å². The van der Waals surface area contributed by atoms with Crippen LogP contribution in [0, 0.1) is 5.82 Å². The Morgan fingerprint density at radius 2 is 1.74 bits per heavy atom. The summed E-state index contributed by atoms with van der Waals surface area (Å²) in [4.78, 5) is 14.1. The smallest absolute Gasteiger partial charge is 0.416 e. The van der Waals surface area contributed by atoms with Crippen LogP contribution < -0.4 is 0 Å². The van der Waals surface area contributed by atoms with E-state index in [1.165, 1.54) is 0 Å². The Bertz CT molecular complexity index is 727.